The van der Waals surface area contributed by atoms with Gasteiger partial charge < -0.3 is 39.8 Å². The third-order valence-electron chi connectivity index (χ3n) is 9.99. The number of methoxy groups -OCH3 is 1. The Hall–Kier alpha value is -5.72. The Balaban J connectivity index is 1.12. The second-order valence-electron chi connectivity index (χ2n) is 14.7. The summed E-state index contributed by atoms with van der Waals surface area (Å²) in [5, 5.41) is 13.2. The fourth-order valence-corrected chi connectivity index (χ4v) is 7.13. The normalized spacial score (nSPS) is 18.4. The van der Waals surface area contributed by atoms with Crippen LogP contribution in [0.25, 0.3) is 22.3 Å². The van der Waals surface area contributed by atoms with Gasteiger partial charge >= 0.3 is 6.09 Å². The number of amides is 3. The Morgan fingerprint density at radius 1 is 0.964 bits per heavy atom. The largest absolute Gasteiger partial charge is 0.453 e. The molecule has 2 fully saturated rings. The minimum absolute atomic E-state index is 0.0213. The summed E-state index contributed by atoms with van der Waals surface area (Å²) >= 11 is 0. The number of aromatic amines is 2. The van der Waals surface area contributed by atoms with Crippen LogP contribution in [0.1, 0.15) is 88.2 Å². The molecule has 4 heterocycles. The number of likely N-dealkylation sites (tertiary alicyclic amines) is 2. The van der Waals surface area contributed by atoms with Gasteiger partial charge in [-0.3, -0.25) is 9.59 Å². The SMILES string of the molecule is COO/C=N\[C@H](C(=O)N1CCC[C@H]1c1ncc(-c2ccc(C#Cc3ccc4nc([C@@H]5CCCN5C(=O)[C@@H](NC(=O)OC)C(C)(C)O)[nH]c4c3)cc2)[nH]1)C(C)C. The number of aliphatic imine (C=N–C) groups is 1. The van der Waals surface area contributed by atoms with Crippen molar-refractivity contribution in [2.75, 3.05) is 27.3 Å². The maximum Gasteiger partial charge on any atom is 0.407 e. The molecule has 55 heavy (non-hydrogen) atoms. The molecule has 15 nitrogen and oxygen atoms in total. The summed E-state index contributed by atoms with van der Waals surface area (Å²) in [6.45, 7) is 7.95. The number of aliphatic hydroxyl groups is 1. The van der Waals surface area contributed by atoms with Crippen molar-refractivity contribution >= 4 is 35.3 Å². The highest BCUT2D eigenvalue weighted by Crippen LogP contribution is 2.34. The van der Waals surface area contributed by atoms with Gasteiger partial charge in [-0.25, -0.2) is 19.8 Å². The van der Waals surface area contributed by atoms with Crippen LogP contribution in [-0.4, -0.2) is 104 Å². The molecule has 0 unspecified atom stereocenters. The molecule has 2 aromatic heterocycles. The fourth-order valence-electron chi connectivity index (χ4n) is 7.13. The molecule has 4 atom stereocenters. The van der Waals surface area contributed by atoms with Gasteiger partial charge in [-0.2, -0.15) is 4.89 Å². The molecule has 6 rings (SSSR count). The number of benzene rings is 2. The van der Waals surface area contributed by atoms with E-state index < -0.39 is 29.7 Å². The monoisotopic (exact) mass is 752 g/mol. The second kappa shape index (κ2) is 16.7. The topological polar surface area (TPSA) is 187 Å². The Kier molecular flexibility index (Phi) is 11.9. The first-order chi connectivity index (χ1) is 26.4. The highest BCUT2D eigenvalue weighted by Gasteiger charge is 2.42. The van der Waals surface area contributed by atoms with Crippen LogP contribution in [0.5, 0.6) is 0 Å². The van der Waals surface area contributed by atoms with E-state index in [0.717, 1.165) is 58.5 Å². The number of ether oxygens (including phenoxy) is 1. The van der Waals surface area contributed by atoms with Crippen molar-refractivity contribution in [2.45, 2.75) is 83.1 Å². The minimum Gasteiger partial charge on any atom is -0.453 e. The van der Waals surface area contributed by atoms with Crippen molar-refractivity contribution in [1.29, 1.82) is 0 Å². The fraction of sp³-hybridized carbons (Fsp3) is 0.450. The first-order valence-corrected chi connectivity index (χ1v) is 18.4. The molecule has 0 aliphatic carbocycles. The quantitative estimate of drug-likeness (QED) is 0.0549. The predicted octanol–water partition coefficient (Wildman–Crippen LogP) is 4.81. The number of carbonyl (C=O) groups excluding carboxylic acids is 3. The molecule has 0 radical (unpaired) electrons. The van der Waals surface area contributed by atoms with E-state index in [9.17, 15) is 19.5 Å². The van der Waals surface area contributed by atoms with Crippen LogP contribution < -0.4 is 5.32 Å². The van der Waals surface area contributed by atoms with Gasteiger partial charge in [-0.05, 0) is 81.3 Å². The smallest absolute Gasteiger partial charge is 0.407 e. The van der Waals surface area contributed by atoms with Gasteiger partial charge in [0.25, 0.3) is 0 Å². The maximum atomic E-state index is 13.6. The number of imidazole rings is 2. The third-order valence-corrected chi connectivity index (χ3v) is 9.99. The van der Waals surface area contributed by atoms with Crippen LogP contribution in [0, 0.1) is 17.8 Å². The molecule has 2 aliphatic rings. The van der Waals surface area contributed by atoms with Crippen LogP contribution in [0.2, 0.25) is 0 Å². The zero-order valence-electron chi connectivity index (χ0n) is 32.0. The van der Waals surface area contributed by atoms with E-state index in [0.29, 0.717) is 25.3 Å². The number of nitrogens with zero attached hydrogens (tertiary/aromatic N) is 5. The van der Waals surface area contributed by atoms with Gasteiger partial charge in [-0.1, -0.05) is 37.8 Å². The van der Waals surface area contributed by atoms with Crippen molar-refractivity contribution in [3.8, 4) is 23.1 Å². The zero-order valence-corrected chi connectivity index (χ0v) is 32.0. The Morgan fingerprint density at radius 2 is 1.62 bits per heavy atom. The number of rotatable bonds is 11. The molecular weight excluding hydrogens is 704 g/mol. The number of fused-ring (bicyclic) bond motifs is 1. The number of carbonyl (C=O) groups is 3. The molecule has 2 aromatic carbocycles. The first kappa shape index (κ1) is 39.0. The molecule has 4 N–H and O–H groups in total. The van der Waals surface area contributed by atoms with Crippen LogP contribution in [0.3, 0.4) is 0 Å². The zero-order chi connectivity index (χ0) is 39.3. The van der Waals surface area contributed by atoms with Crippen molar-refractivity contribution in [3.05, 3.63) is 71.4 Å². The van der Waals surface area contributed by atoms with E-state index in [4.69, 9.17) is 9.87 Å². The molecule has 0 spiro atoms. The minimum atomic E-state index is -1.52. The summed E-state index contributed by atoms with van der Waals surface area (Å²) in [6.07, 6.45) is 5.28. The maximum absolute atomic E-state index is 13.6. The summed E-state index contributed by atoms with van der Waals surface area (Å²) in [7, 11) is 2.59. The molecule has 290 valence electrons. The van der Waals surface area contributed by atoms with Crippen molar-refractivity contribution in [1.82, 2.24) is 35.1 Å². The van der Waals surface area contributed by atoms with Gasteiger partial charge in [-0.15, -0.1) is 0 Å². The van der Waals surface area contributed by atoms with E-state index in [1.165, 1.54) is 34.5 Å². The summed E-state index contributed by atoms with van der Waals surface area (Å²) in [5.41, 5.74) is 3.43. The van der Waals surface area contributed by atoms with Crippen LogP contribution in [-0.2, 0) is 24.1 Å². The number of H-pyrrole nitrogens is 2. The lowest BCUT2D eigenvalue weighted by molar-refractivity contribution is -0.188. The predicted molar refractivity (Wildman–Crippen MR) is 204 cm³/mol. The Morgan fingerprint density at radius 3 is 2.27 bits per heavy atom. The van der Waals surface area contributed by atoms with Gasteiger partial charge in [0, 0.05) is 24.2 Å². The molecule has 0 saturated carbocycles. The average Bonchev–Trinajstić information content (AvgIpc) is 3.99. The number of alkyl carbamates (subject to hydrolysis) is 1. The standard InChI is InChI=1S/C40H48N8O7/c1-24(2)33(42-23-55-54-6)37(49)47-19-7-9-31(47)35-41-22-30(45-35)27-16-13-25(14-17-27)11-12-26-15-18-28-29(21-26)44-36(43-28)32-10-8-20-48(32)38(50)34(40(3,4)52)46-39(51)53-5/h13-18,21-24,31-34,52H,7-10,19-20H2,1-6H3,(H,41,45)(H,43,44)(H,46,51)/b42-23-/t31-,32-,33-,34+/m0/s1. The van der Waals surface area contributed by atoms with Gasteiger partial charge in [0.1, 0.15) is 23.7 Å². The van der Waals surface area contributed by atoms with Crippen molar-refractivity contribution in [2.24, 2.45) is 10.9 Å². The second-order valence-corrected chi connectivity index (χ2v) is 14.7. The van der Waals surface area contributed by atoms with E-state index in [1.807, 2.05) is 61.2 Å². The number of aromatic nitrogens is 4. The van der Waals surface area contributed by atoms with Crippen molar-refractivity contribution in [3.63, 3.8) is 0 Å². The lowest BCUT2D eigenvalue weighted by atomic mass is 9.97. The van der Waals surface area contributed by atoms with Crippen LogP contribution in [0.15, 0.2) is 53.7 Å². The summed E-state index contributed by atoms with van der Waals surface area (Å²) in [5.74, 6) is 7.35. The van der Waals surface area contributed by atoms with Crippen molar-refractivity contribution < 1.29 is 34.0 Å². The number of hydrogen-bond donors (Lipinski definition) is 4. The molecule has 2 saturated heterocycles. The van der Waals surface area contributed by atoms with Crippen LogP contribution in [0.4, 0.5) is 4.79 Å². The summed E-state index contributed by atoms with van der Waals surface area (Å²) < 4.78 is 4.69. The first-order valence-electron chi connectivity index (χ1n) is 18.4. The van der Waals surface area contributed by atoms with Gasteiger partial charge in [0.2, 0.25) is 18.2 Å². The van der Waals surface area contributed by atoms with Crippen LogP contribution >= 0.6 is 0 Å². The molecule has 4 aromatic rings. The van der Waals surface area contributed by atoms with E-state index in [1.54, 1.807) is 11.1 Å². The van der Waals surface area contributed by atoms with E-state index in [-0.39, 0.29) is 23.9 Å². The lowest BCUT2D eigenvalue weighted by Gasteiger charge is -2.34. The molecular formula is C40H48N8O7. The van der Waals surface area contributed by atoms with Gasteiger partial charge in [0.15, 0.2) is 0 Å². The highest BCUT2D eigenvalue weighted by molar-refractivity contribution is 5.87. The number of hydrogen-bond acceptors (Lipinski definition) is 10. The molecule has 15 heteroatoms. The molecule has 2 aliphatic heterocycles. The molecule has 3 amide bonds. The lowest BCUT2D eigenvalue weighted by Crippen LogP contribution is -2.58. The Bertz CT molecular complexity index is 2090. The summed E-state index contributed by atoms with van der Waals surface area (Å²) in [6, 6.07) is 11.3. The van der Waals surface area contributed by atoms with E-state index in [2.05, 4.69) is 46.7 Å². The van der Waals surface area contributed by atoms with Gasteiger partial charge in [0.05, 0.1) is 54.8 Å². The average molecular weight is 753 g/mol. The Labute approximate surface area is 319 Å². The summed E-state index contributed by atoms with van der Waals surface area (Å²) in [4.78, 5) is 72.5. The number of nitrogens with one attached hydrogen (secondary N) is 3. The molecule has 0 bridgehead atoms. The van der Waals surface area contributed by atoms with E-state index >= 15 is 0 Å². The highest BCUT2D eigenvalue weighted by atomic mass is 17.2. The third kappa shape index (κ3) is 8.82.